The summed E-state index contributed by atoms with van der Waals surface area (Å²) in [6.45, 7) is 5.17. The molecule has 0 saturated carbocycles. The van der Waals surface area contributed by atoms with Crippen LogP contribution in [0.4, 0.5) is 0 Å². The largest absolute Gasteiger partial charge is 0.348 e. The first kappa shape index (κ1) is 17.1. The third-order valence-electron chi connectivity index (χ3n) is 3.36. The number of halogens is 1. The molecule has 1 amide bonds. The van der Waals surface area contributed by atoms with Gasteiger partial charge in [0.05, 0.1) is 12.6 Å². The summed E-state index contributed by atoms with van der Waals surface area (Å²) in [6, 6.07) is 7.99. The van der Waals surface area contributed by atoms with E-state index >= 15 is 0 Å². The average molecular weight is 342 g/mol. The molecule has 0 heterocycles. The molecule has 112 valence electrons. The van der Waals surface area contributed by atoms with Crippen molar-refractivity contribution in [3.63, 3.8) is 0 Å². The Kier molecular flexibility index (Phi) is 6.65. The molecular weight excluding hydrogens is 318 g/mol. The normalized spacial score (nSPS) is 14.2. The first-order valence-electron chi connectivity index (χ1n) is 6.82. The molecule has 0 saturated heterocycles. The van der Waals surface area contributed by atoms with Crippen molar-refractivity contribution in [1.29, 1.82) is 0 Å². The molecule has 1 aromatic rings. The van der Waals surface area contributed by atoms with E-state index in [9.17, 15) is 4.79 Å². The van der Waals surface area contributed by atoms with Crippen LogP contribution >= 0.6 is 15.9 Å². The van der Waals surface area contributed by atoms with Gasteiger partial charge in [0.15, 0.2) is 0 Å². The van der Waals surface area contributed by atoms with E-state index in [1.165, 1.54) is 0 Å². The number of nitrogens with two attached hydrogens (primary N) is 1. The Hall–Kier alpha value is -0.910. The van der Waals surface area contributed by atoms with Gasteiger partial charge in [-0.3, -0.25) is 9.69 Å². The van der Waals surface area contributed by atoms with Crippen molar-refractivity contribution >= 4 is 21.8 Å². The molecule has 2 N–H and O–H groups in total. The van der Waals surface area contributed by atoms with E-state index in [4.69, 9.17) is 5.73 Å². The molecule has 0 bridgehead atoms. The molecule has 1 rings (SSSR count). The van der Waals surface area contributed by atoms with Gasteiger partial charge in [-0.05, 0) is 25.1 Å². The maximum atomic E-state index is 12.0. The van der Waals surface area contributed by atoms with Crippen molar-refractivity contribution in [3.8, 4) is 0 Å². The summed E-state index contributed by atoms with van der Waals surface area (Å²) in [6.07, 6.45) is 0. The number of benzene rings is 1. The predicted octanol–water partition coefficient (Wildman–Crippen LogP) is 2.25. The molecule has 0 aliphatic heterocycles. The summed E-state index contributed by atoms with van der Waals surface area (Å²) in [5.41, 5.74) is 7.30. The van der Waals surface area contributed by atoms with Crippen molar-refractivity contribution in [2.24, 2.45) is 5.73 Å². The standard InChI is InChI=1S/C15H24BrN3O/c1-5-19(10-14(20)18(3)4)15(11(2)17)12-8-6-7-9-13(12)16/h6-9,11,15H,5,10,17H2,1-4H3. The number of likely N-dealkylation sites (N-methyl/N-ethyl adjacent to an activating group) is 2. The molecule has 20 heavy (non-hydrogen) atoms. The second-order valence-corrected chi connectivity index (χ2v) is 6.03. The molecule has 5 heteroatoms. The number of carbonyl (C=O) groups is 1. The smallest absolute Gasteiger partial charge is 0.236 e. The Labute approximate surface area is 130 Å². The van der Waals surface area contributed by atoms with Crippen molar-refractivity contribution in [2.45, 2.75) is 25.9 Å². The zero-order valence-corrected chi connectivity index (χ0v) is 14.2. The van der Waals surface area contributed by atoms with Crippen molar-refractivity contribution < 1.29 is 4.79 Å². The fraction of sp³-hybridized carbons (Fsp3) is 0.533. The predicted molar refractivity (Wildman–Crippen MR) is 86.5 cm³/mol. The Balaban J connectivity index is 3.05. The van der Waals surface area contributed by atoms with Gasteiger partial charge in [-0.1, -0.05) is 41.1 Å². The van der Waals surface area contributed by atoms with Crippen LogP contribution in [0.25, 0.3) is 0 Å². The minimum Gasteiger partial charge on any atom is -0.348 e. The molecule has 2 atom stereocenters. The molecule has 0 spiro atoms. The SMILES string of the molecule is CCN(CC(=O)N(C)C)C(c1ccccc1Br)C(C)N. The second-order valence-electron chi connectivity index (χ2n) is 5.18. The Morgan fingerprint density at radius 1 is 1.35 bits per heavy atom. The van der Waals surface area contributed by atoms with E-state index in [2.05, 4.69) is 33.8 Å². The lowest BCUT2D eigenvalue weighted by atomic mass is 9.99. The van der Waals surface area contributed by atoms with Gasteiger partial charge < -0.3 is 10.6 Å². The van der Waals surface area contributed by atoms with Gasteiger partial charge in [-0.2, -0.15) is 0 Å². The van der Waals surface area contributed by atoms with E-state index in [1.807, 2.05) is 25.1 Å². The van der Waals surface area contributed by atoms with Crippen LogP contribution in [-0.4, -0.2) is 48.9 Å². The monoisotopic (exact) mass is 341 g/mol. The van der Waals surface area contributed by atoms with Crippen LogP contribution in [0.2, 0.25) is 0 Å². The number of nitrogens with zero attached hydrogens (tertiary/aromatic N) is 2. The van der Waals surface area contributed by atoms with Crippen LogP contribution in [-0.2, 0) is 4.79 Å². The lowest BCUT2D eigenvalue weighted by Gasteiger charge is -2.34. The zero-order chi connectivity index (χ0) is 15.3. The molecule has 0 fully saturated rings. The summed E-state index contributed by atoms with van der Waals surface area (Å²) >= 11 is 3.58. The van der Waals surface area contributed by atoms with E-state index in [0.29, 0.717) is 6.54 Å². The maximum absolute atomic E-state index is 12.0. The third-order valence-corrected chi connectivity index (χ3v) is 4.08. The topological polar surface area (TPSA) is 49.6 Å². The van der Waals surface area contributed by atoms with E-state index in [0.717, 1.165) is 16.6 Å². The lowest BCUT2D eigenvalue weighted by molar-refractivity contribution is -0.130. The minimum atomic E-state index is -0.0661. The zero-order valence-electron chi connectivity index (χ0n) is 12.6. The number of carbonyl (C=O) groups excluding carboxylic acids is 1. The third kappa shape index (κ3) is 4.30. The number of hydrogen-bond donors (Lipinski definition) is 1. The molecule has 0 radical (unpaired) electrons. The summed E-state index contributed by atoms with van der Waals surface area (Å²) < 4.78 is 1.03. The van der Waals surface area contributed by atoms with Crippen LogP contribution in [0, 0.1) is 0 Å². The van der Waals surface area contributed by atoms with E-state index in [-0.39, 0.29) is 18.0 Å². The van der Waals surface area contributed by atoms with Gasteiger partial charge in [-0.15, -0.1) is 0 Å². The highest BCUT2D eigenvalue weighted by Crippen LogP contribution is 2.29. The Morgan fingerprint density at radius 3 is 2.40 bits per heavy atom. The Morgan fingerprint density at radius 2 is 1.95 bits per heavy atom. The van der Waals surface area contributed by atoms with Gasteiger partial charge in [0.25, 0.3) is 0 Å². The van der Waals surface area contributed by atoms with Gasteiger partial charge in [0.2, 0.25) is 5.91 Å². The van der Waals surface area contributed by atoms with Crippen molar-refractivity contribution in [2.75, 3.05) is 27.2 Å². The van der Waals surface area contributed by atoms with Gasteiger partial charge in [-0.25, -0.2) is 0 Å². The van der Waals surface area contributed by atoms with Gasteiger partial charge in [0.1, 0.15) is 0 Å². The highest BCUT2D eigenvalue weighted by Gasteiger charge is 2.26. The molecular formula is C15H24BrN3O. The molecule has 2 unspecified atom stereocenters. The van der Waals surface area contributed by atoms with Crippen molar-refractivity contribution in [1.82, 2.24) is 9.80 Å². The fourth-order valence-corrected chi connectivity index (χ4v) is 2.77. The molecule has 1 aromatic carbocycles. The maximum Gasteiger partial charge on any atom is 0.236 e. The molecule has 4 nitrogen and oxygen atoms in total. The van der Waals surface area contributed by atoms with E-state index < -0.39 is 0 Å². The number of amides is 1. The first-order chi connectivity index (χ1) is 9.38. The first-order valence-corrected chi connectivity index (χ1v) is 7.62. The summed E-state index contributed by atoms with van der Waals surface area (Å²) in [4.78, 5) is 15.7. The van der Waals surface area contributed by atoms with Crippen LogP contribution in [0.15, 0.2) is 28.7 Å². The molecule has 0 aromatic heterocycles. The highest BCUT2D eigenvalue weighted by molar-refractivity contribution is 9.10. The number of hydrogen-bond acceptors (Lipinski definition) is 3. The minimum absolute atomic E-state index is 0.0134. The average Bonchev–Trinajstić information content (AvgIpc) is 2.39. The number of rotatable bonds is 6. The van der Waals surface area contributed by atoms with E-state index in [1.54, 1.807) is 19.0 Å². The summed E-state index contributed by atoms with van der Waals surface area (Å²) in [5, 5.41) is 0. The second kappa shape index (κ2) is 7.76. The van der Waals surface area contributed by atoms with Crippen LogP contribution in [0.1, 0.15) is 25.5 Å². The van der Waals surface area contributed by atoms with Crippen molar-refractivity contribution in [3.05, 3.63) is 34.3 Å². The molecule has 0 aliphatic rings. The summed E-state index contributed by atoms with van der Waals surface area (Å²) in [7, 11) is 3.55. The Bertz CT molecular complexity index is 448. The molecule has 0 aliphatic carbocycles. The van der Waals surface area contributed by atoms with Gasteiger partial charge >= 0.3 is 0 Å². The van der Waals surface area contributed by atoms with Crippen LogP contribution < -0.4 is 5.73 Å². The van der Waals surface area contributed by atoms with Crippen LogP contribution in [0.5, 0.6) is 0 Å². The lowest BCUT2D eigenvalue weighted by Crippen LogP contribution is -2.44. The van der Waals surface area contributed by atoms with Gasteiger partial charge in [0, 0.05) is 24.6 Å². The highest BCUT2D eigenvalue weighted by atomic mass is 79.9. The summed E-state index contributed by atoms with van der Waals surface area (Å²) in [5.74, 6) is 0.0875. The fourth-order valence-electron chi connectivity index (χ4n) is 2.25. The van der Waals surface area contributed by atoms with Crippen LogP contribution in [0.3, 0.4) is 0 Å². The quantitative estimate of drug-likeness (QED) is 0.863.